The van der Waals surface area contributed by atoms with Crippen molar-refractivity contribution >= 4 is 17.6 Å². The van der Waals surface area contributed by atoms with E-state index in [4.69, 9.17) is 0 Å². The average Bonchev–Trinajstić information content (AvgIpc) is 3.24. The van der Waals surface area contributed by atoms with Crippen LogP contribution < -0.4 is 15.5 Å². The van der Waals surface area contributed by atoms with E-state index in [0.717, 1.165) is 28.9 Å². The number of hydrogen-bond acceptors (Lipinski definition) is 3. The van der Waals surface area contributed by atoms with Crippen molar-refractivity contribution in [2.75, 3.05) is 32.1 Å². The van der Waals surface area contributed by atoms with E-state index in [0.29, 0.717) is 25.2 Å². The van der Waals surface area contributed by atoms with Gasteiger partial charge in [-0.3, -0.25) is 9.69 Å². The number of carbonyl (C=O) groups is 2. The normalized spacial score (nSPS) is 13.3. The topological polar surface area (TPSA) is 64.7 Å². The molecule has 0 bridgehead atoms. The molecule has 0 unspecified atom stereocenters. The summed E-state index contributed by atoms with van der Waals surface area (Å²) in [6.07, 6.45) is 0. The van der Waals surface area contributed by atoms with Gasteiger partial charge in [-0.15, -0.1) is 0 Å². The van der Waals surface area contributed by atoms with E-state index in [1.54, 1.807) is 23.1 Å². The molecule has 3 amide bonds. The molecule has 6 heteroatoms. The van der Waals surface area contributed by atoms with Crippen LogP contribution in [0.4, 0.5) is 10.5 Å². The summed E-state index contributed by atoms with van der Waals surface area (Å²) in [6, 6.07) is 23.7. The van der Waals surface area contributed by atoms with Gasteiger partial charge in [0, 0.05) is 37.4 Å². The highest BCUT2D eigenvalue weighted by Gasteiger charge is 2.21. The second kappa shape index (κ2) is 9.66. The van der Waals surface area contributed by atoms with Crippen molar-refractivity contribution in [2.45, 2.75) is 13.1 Å². The van der Waals surface area contributed by atoms with E-state index >= 15 is 0 Å². The second-order valence-corrected chi connectivity index (χ2v) is 8.21. The minimum absolute atomic E-state index is 0.131. The molecular weight excluding hydrogens is 400 g/mol. The Kier molecular flexibility index (Phi) is 6.52. The van der Waals surface area contributed by atoms with E-state index < -0.39 is 0 Å². The molecule has 1 aliphatic heterocycles. The van der Waals surface area contributed by atoms with E-state index in [2.05, 4.69) is 60.0 Å². The molecule has 32 heavy (non-hydrogen) atoms. The Balaban J connectivity index is 1.47. The van der Waals surface area contributed by atoms with Gasteiger partial charge < -0.3 is 15.5 Å². The van der Waals surface area contributed by atoms with Gasteiger partial charge >= 0.3 is 6.03 Å². The van der Waals surface area contributed by atoms with Gasteiger partial charge in [-0.25, -0.2) is 4.79 Å². The van der Waals surface area contributed by atoms with Crippen LogP contribution in [0.2, 0.25) is 0 Å². The molecule has 164 valence electrons. The smallest absolute Gasteiger partial charge is 0.321 e. The van der Waals surface area contributed by atoms with Gasteiger partial charge in [0.25, 0.3) is 5.91 Å². The first kappa shape index (κ1) is 21.6. The van der Waals surface area contributed by atoms with Gasteiger partial charge in [0.2, 0.25) is 0 Å². The number of hydrogen-bond donors (Lipinski definition) is 2. The highest BCUT2D eigenvalue weighted by atomic mass is 16.2. The summed E-state index contributed by atoms with van der Waals surface area (Å²) >= 11 is 0. The van der Waals surface area contributed by atoms with Crippen LogP contribution >= 0.6 is 0 Å². The minimum Gasteiger partial charge on any atom is -0.348 e. The van der Waals surface area contributed by atoms with Crippen LogP contribution in [0.15, 0.2) is 72.8 Å². The molecule has 1 heterocycles. The van der Waals surface area contributed by atoms with E-state index in [9.17, 15) is 9.59 Å². The van der Waals surface area contributed by atoms with Crippen molar-refractivity contribution in [1.82, 2.24) is 15.5 Å². The molecule has 4 rings (SSSR count). The van der Waals surface area contributed by atoms with Crippen molar-refractivity contribution < 1.29 is 9.59 Å². The summed E-state index contributed by atoms with van der Waals surface area (Å²) < 4.78 is 0. The SMILES string of the molecule is CN(C)Cc1ccc(-c2ccccc2CNC(=O)c2cccc(N3CCNC3=O)c2)cc1. The van der Waals surface area contributed by atoms with Crippen LogP contribution in [0.5, 0.6) is 0 Å². The molecule has 6 nitrogen and oxygen atoms in total. The summed E-state index contributed by atoms with van der Waals surface area (Å²) in [4.78, 5) is 28.5. The lowest BCUT2D eigenvalue weighted by Gasteiger charge is -2.16. The molecule has 0 saturated carbocycles. The van der Waals surface area contributed by atoms with Gasteiger partial charge in [0.15, 0.2) is 0 Å². The van der Waals surface area contributed by atoms with E-state index in [1.165, 1.54) is 5.56 Å². The third kappa shape index (κ3) is 4.98. The third-order valence-corrected chi connectivity index (χ3v) is 5.50. The van der Waals surface area contributed by atoms with Gasteiger partial charge in [-0.1, -0.05) is 54.6 Å². The number of anilines is 1. The van der Waals surface area contributed by atoms with Crippen LogP contribution in [-0.4, -0.2) is 44.0 Å². The Morgan fingerprint density at radius 1 is 1.03 bits per heavy atom. The summed E-state index contributed by atoms with van der Waals surface area (Å²) in [7, 11) is 4.11. The molecule has 2 N–H and O–H groups in total. The van der Waals surface area contributed by atoms with Crippen LogP contribution in [-0.2, 0) is 13.1 Å². The number of nitrogens with one attached hydrogen (secondary N) is 2. The molecule has 0 radical (unpaired) electrons. The molecule has 3 aromatic rings. The summed E-state index contributed by atoms with van der Waals surface area (Å²) in [5.74, 6) is -0.164. The zero-order valence-corrected chi connectivity index (χ0v) is 18.5. The third-order valence-electron chi connectivity index (χ3n) is 5.50. The monoisotopic (exact) mass is 428 g/mol. The molecule has 0 spiro atoms. The zero-order chi connectivity index (χ0) is 22.5. The Hall–Kier alpha value is -3.64. The van der Waals surface area contributed by atoms with Gasteiger partial charge in [-0.2, -0.15) is 0 Å². The largest absolute Gasteiger partial charge is 0.348 e. The first-order valence-corrected chi connectivity index (χ1v) is 10.8. The van der Waals surface area contributed by atoms with Crippen molar-refractivity contribution in [3.05, 3.63) is 89.5 Å². The first-order chi connectivity index (χ1) is 15.5. The zero-order valence-electron chi connectivity index (χ0n) is 18.5. The van der Waals surface area contributed by atoms with Crippen LogP contribution in [0.3, 0.4) is 0 Å². The molecule has 0 atom stereocenters. The second-order valence-electron chi connectivity index (χ2n) is 8.21. The first-order valence-electron chi connectivity index (χ1n) is 10.8. The van der Waals surface area contributed by atoms with Crippen LogP contribution in [0, 0.1) is 0 Å². The summed E-state index contributed by atoms with van der Waals surface area (Å²) in [5, 5.41) is 5.81. The Morgan fingerprint density at radius 3 is 2.53 bits per heavy atom. The molecule has 1 saturated heterocycles. The van der Waals surface area contributed by atoms with E-state index in [-0.39, 0.29) is 11.9 Å². The van der Waals surface area contributed by atoms with Crippen molar-refractivity contribution in [2.24, 2.45) is 0 Å². The molecule has 0 aromatic heterocycles. The van der Waals surface area contributed by atoms with Crippen molar-refractivity contribution in [3.8, 4) is 11.1 Å². The lowest BCUT2D eigenvalue weighted by Crippen LogP contribution is -2.28. The predicted molar refractivity (Wildman–Crippen MR) is 128 cm³/mol. The molecular formula is C26H28N4O2. The number of nitrogens with zero attached hydrogens (tertiary/aromatic N) is 2. The van der Waals surface area contributed by atoms with Crippen molar-refractivity contribution in [1.29, 1.82) is 0 Å². The highest BCUT2D eigenvalue weighted by Crippen LogP contribution is 2.25. The number of benzene rings is 3. The summed E-state index contributed by atoms with van der Waals surface area (Å²) in [6.45, 7) is 2.53. The number of carbonyl (C=O) groups excluding carboxylic acids is 2. The number of urea groups is 1. The Morgan fingerprint density at radius 2 is 1.81 bits per heavy atom. The lowest BCUT2D eigenvalue weighted by molar-refractivity contribution is 0.0951. The van der Waals surface area contributed by atoms with Crippen LogP contribution in [0.1, 0.15) is 21.5 Å². The standard InChI is InChI=1S/C26H28N4O2/c1-29(2)18-19-10-12-20(13-11-19)24-9-4-3-6-22(24)17-28-25(31)21-7-5-8-23(16-21)30-15-14-27-26(30)32/h3-13,16H,14-15,17-18H2,1-2H3,(H,27,32)(H,28,31). The highest BCUT2D eigenvalue weighted by molar-refractivity contribution is 5.98. The van der Waals surface area contributed by atoms with E-state index in [1.807, 2.05) is 24.3 Å². The maximum Gasteiger partial charge on any atom is 0.321 e. The number of amides is 3. The molecule has 0 aliphatic carbocycles. The lowest BCUT2D eigenvalue weighted by atomic mass is 9.98. The minimum atomic E-state index is -0.164. The fraction of sp³-hybridized carbons (Fsp3) is 0.231. The van der Waals surface area contributed by atoms with Gasteiger partial charge in [-0.05, 0) is 54.5 Å². The van der Waals surface area contributed by atoms with Crippen LogP contribution in [0.25, 0.3) is 11.1 Å². The van der Waals surface area contributed by atoms with Crippen molar-refractivity contribution in [3.63, 3.8) is 0 Å². The number of rotatable bonds is 7. The molecule has 3 aromatic carbocycles. The van der Waals surface area contributed by atoms with Gasteiger partial charge in [0.1, 0.15) is 0 Å². The quantitative estimate of drug-likeness (QED) is 0.600. The molecule has 1 aliphatic rings. The average molecular weight is 429 g/mol. The Labute approximate surface area is 188 Å². The maximum atomic E-state index is 12.8. The fourth-order valence-corrected chi connectivity index (χ4v) is 3.92. The molecule has 1 fully saturated rings. The predicted octanol–water partition coefficient (Wildman–Crippen LogP) is 3.87. The fourth-order valence-electron chi connectivity index (χ4n) is 3.92. The summed E-state index contributed by atoms with van der Waals surface area (Å²) in [5.41, 5.74) is 5.80. The van der Waals surface area contributed by atoms with Gasteiger partial charge in [0.05, 0.1) is 0 Å². The Bertz CT molecular complexity index is 1110. The maximum absolute atomic E-state index is 12.8.